The van der Waals surface area contributed by atoms with E-state index in [1.807, 2.05) is 22.8 Å². The molecule has 2 N–H and O–H groups in total. The third kappa shape index (κ3) is 6.30. The number of piperidine rings is 2. The highest BCUT2D eigenvalue weighted by molar-refractivity contribution is 6.06. The van der Waals surface area contributed by atoms with Gasteiger partial charge >= 0.3 is 12.0 Å². The van der Waals surface area contributed by atoms with E-state index in [9.17, 15) is 19.2 Å². The number of rotatable bonds is 7. The number of likely N-dealkylation sites (tertiary alicyclic amines) is 2. The largest absolute Gasteiger partial charge is 0.484 e. The van der Waals surface area contributed by atoms with E-state index in [4.69, 9.17) is 9.84 Å². The van der Waals surface area contributed by atoms with E-state index in [0.29, 0.717) is 42.9 Å². The Morgan fingerprint density at radius 3 is 2.31 bits per heavy atom. The number of carboxylic acids is 1. The van der Waals surface area contributed by atoms with E-state index < -0.39 is 12.0 Å². The number of imide groups is 1. The highest BCUT2D eigenvalue weighted by Gasteiger charge is 2.31. The van der Waals surface area contributed by atoms with Crippen LogP contribution >= 0.6 is 0 Å². The second-order valence-corrected chi connectivity index (χ2v) is 9.72. The van der Waals surface area contributed by atoms with Gasteiger partial charge in [-0.05, 0) is 69.2 Å². The van der Waals surface area contributed by atoms with E-state index in [1.54, 1.807) is 12.1 Å². The lowest BCUT2D eigenvalue weighted by Crippen LogP contribution is -2.49. The molecule has 10 nitrogen and oxygen atoms in total. The Hall–Kier alpha value is -3.14. The summed E-state index contributed by atoms with van der Waals surface area (Å²) in [6.45, 7) is 5.33. The highest BCUT2D eigenvalue weighted by Crippen LogP contribution is 2.32. The van der Waals surface area contributed by atoms with Crippen LogP contribution in [0, 0.1) is 18.8 Å². The number of nitrogens with zero attached hydrogens (tertiary/aromatic N) is 3. The Morgan fingerprint density at radius 1 is 1.03 bits per heavy atom. The summed E-state index contributed by atoms with van der Waals surface area (Å²) in [5.74, 6) is 0.577. The molecule has 0 spiro atoms. The monoisotopic (exact) mass is 486 g/mol. The number of aryl methyl sites for hydroxylation is 1. The van der Waals surface area contributed by atoms with Crippen molar-refractivity contribution < 1.29 is 29.0 Å². The van der Waals surface area contributed by atoms with Gasteiger partial charge in [-0.3, -0.25) is 29.5 Å². The van der Waals surface area contributed by atoms with Crippen molar-refractivity contribution in [2.75, 3.05) is 50.8 Å². The summed E-state index contributed by atoms with van der Waals surface area (Å²) in [5.41, 5.74) is 1.54. The minimum Gasteiger partial charge on any atom is -0.484 e. The van der Waals surface area contributed by atoms with E-state index in [-0.39, 0.29) is 31.4 Å². The first-order valence-corrected chi connectivity index (χ1v) is 12.4. The fourth-order valence-corrected chi connectivity index (χ4v) is 5.39. The fraction of sp³-hybridized carbons (Fsp3) is 0.600. The molecule has 190 valence electrons. The molecule has 1 aromatic carbocycles. The van der Waals surface area contributed by atoms with Gasteiger partial charge in [-0.1, -0.05) is 6.07 Å². The number of nitrogens with one attached hydrogen (secondary N) is 1. The van der Waals surface area contributed by atoms with Gasteiger partial charge < -0.3 is 14.7 Å². The van der Waals surface area contributed by atoms with Gasteiger partial charge in [-0.25, -0.2) is 4.79 Å². The predicted molar refractivity (Wildman–Crippen MR) is 128 cm³/mol. The molecule has 0 bridgehead atoms. The van der Waals surface area contributed by atoms with E-state index in [1.165, 1.54) is 4.90 Å². The van der Waals surface area contributed by atoms with Crippen LogP contribution in [-0.4, -0.2) is 84.6 Å². The van der Waals surface area contributed by atoms with E-state index in [2.05, 4.69) is 5.32 Å². The van der Waals surface area contributed by atoms with Gasteiger partial charge in [0.15, 0.2) is 6.61 Å². The second kappa shape index (κ2) is 11.1. The van der Waals surface area contributed by atoms with Crippen molar-refractivity contribution in [3.63, 3.8) is 0 Å². The Labute approximate surface area is 205 Å². The average Bonchev–Trinajstić information content (AvgIpc) is 2.84. The SMILES string of the molecule is Cc1ccc(OCC(=O)N2CCC(C3CCN(CC(=O)O)CC3)CC2)cc1N1CCC(=O)NC1=O. The minimum atomic E-state index is -0.771. The molecule has 0 radical (unpaired) electrons. The molecule has 3 aliphatic rings. The summed E-state index contributed by atoms with van der Waals surface area (Å²) < 4.78 is 5.78. The number of carbonyl (C=O) groups is 4. The smallest absolute Gasteiger partial charge is 0.328 e. The van der Waals surface area contributed by atoms with Crippen LogP contribution in [0.3, 0.4) is 0 Å². The van der Waals surface area contributed by atoms with Gasteiger partial charge in [0.05, 0.1) is 12.2 Å². The first-order valence-electron chi connectivity index (χ1n) is 12.4. The van der Waals surface area contributed by atoms with Crippen LogP contribution < -0.4 is 15.0 Å². The maximum atomic E-state index is 12.8. The summed E-state index contributed by atoms with van der Waals surface area (Å²) >= 11 is 0. The molecule has 4 rings (SSSR count). The molecular weight excluding hydrogens is 452 g/mol. The van der Waals surface area contributed by atoms with Crippen LogP contribution in [0.25, 0.3) is 0 Å². The van der Waals surface area contributed by atoms with Crippen molar-refractivity contribution >= 4 is 29.5 Å². The Bertz CT molecular complexity index is 967. The summed E-state index contributed by atoms with van der Waals surface area (Å²) in [6, 6.07) is 4.91. The Balaban J connectivity index is 1.24. The van der Waals surface area contributed by atoms with Gasteiger partial charge in [0.2, 0.25) is 5.91 Å². The molecule has 4 amide bonds. The van der Waals surface area contributed by atoms with Crippen molar-refractivity contribution in [3.8, 4) is 5.75 Å². The van der Waals surface area contributed by atoms with Gasteiger partial charge in [0.25, 0.3) is 5.91 Å². The molecule has 0 aromatic heterocycles. The highest BCUT2D eigenvalue weighted by atomic mass is 16.5. The lowest BCUT2D eigenvalue weighted by molar-refractivity contribution is -0.138. The molecule has 3 heterocycles. The molecule has 3 fully saturated rings. The number of anilines is 1. The minimum absolute atomic E-state index is 0.0526. The number of benzene rings is 1. The lowest BCUT2D eigenvalue weighted by Gasteiger charge is -2.39. The van der Waals surface area contributed by atoms with Crippen LogP contribution in [-0.2, 0) is 14.4 Å². The van der Waals surface area contributed by atoms with E-state index >= 15 is 0 Å². The Kier molecular flexibility index (Phi) is 7.90. The van der Waals surface area contributed by atoms with E-state index in [0.717, 1.165) is 44.3 Å². The van der Waals surface area contributed by atoms with Crippen molar-refractivity contribution in [1.82, 2.24) is 15.1 Å². The zero-order chi connectivity index (χ0) is 24.9. The zero-order valence-corrected chi connectivity index (χ0v) is 20.2. The summed E-state index contributed by atoms with van der Waals surface area (Å²) in [7, 11) is 0. The summed E-state index contributed by atoms with van der Waals surface area (Å²) in [4.78, 5) is 52.7. The molecule has 10 heteroatoms. The average molecular weight is 487 g/mol. The standard InChI is InChI=1S/C25H34N4O6/c1-17-2-3-20(14-21(17)29-13-8-22(30)26-25(29)34)35-16-23(31)28-11-6-19(7-12-28)18-4-9-27(10-5-18)15-24(32)33/h2-3,14,18-19H,4-13,15-16H2,1H3,(H,32,33)(H,26,30,34). The first kappa shape index (κ1) is 25.0. The van der Waals surface area contributed by atoms with Crippen LogP contribution in [0.1, 0.15) is 37.7 Å². The molecule has 0 saturated carbocycles. The molecule has 0 unspecified atom stereocenters. The van der Waals surface area contributed by atoms with Gasteiger partial charge in [0, 0.05) is 32.1 Å². The number of hydrogen-bond donors (Lipinski definition) is 2. The van der Waals surface area contributed by atoms with Gasteiger partial charge in [0.1, 0.15) is 5.75 Å². The topological polar surface area (TPSA) is 119 Å². The van der Waals surface area contributed by atoms with Crippen LogP contribution in [0.4, 0.5) is 10.5 Å². The number of aliphatic carboxylic acids is 1. The Morgan fingerprint density at radius 2 is 1.69 bits per heavy atom. The van der Waals surface area contributed by atoms with Crippen molar-refractivity contribution in [2.24, 2.45) is 11.8 Å². The van der Waals surface area contributed by atoms with Crippen molar-refractivity contribution in [3.05, 3.63) is 23.8 Å². The van der Waals surface area contributed by atoms with Gasteiger partial charge in [-0.2, -0.15) is 0 Å². The molecule has 0 atom stereocenters. The third-order valence-electron chi connectivity index (χ3n) is 7.44. The number of carbonyl (C=O) groups excluding carboxylic acids is 3. The number of carboxylic acid groups (broad SMARTS) is 1. The summed E-state index contributed by atoms with van der Waals surface area (Å²) in [5, 5.41) is 11.3. The molecule has 35 heavy (non-hydrogen) atoms. The third-order valence-corrected chi connectivity index (χ3v) is 7.44. The van der Waals surface area contributed by atoms with Crippen LogP contribution in [0.15, 0.2) is 18.2 Å². The number of ether oxygens (including phenoxy) is 1. The number of amides is 4. The molecule has 3 aliphatic heterocycles. The molecule has 1 aromatic rings. The normalized spacial score (nSPS) is 20.6. The quantitative estimate of drug-likeness (QED) is 0.604. The lowest BCUT2D eigenvalue weighted by atomic mass is 9.79. The second-order valence-electron chi connectivity index (χ2n) is 9.72. The maximum absolute atomic E-state index is 12.8. The molecule has 0 aliphatic carbocycles. The van der Waals surface area contributed by atoms with Gasteiger partial charge in [-0.15, -0.1) is 0 Å². The maximum Gasteiger partial charge on any atom is 0.328 e. The molecule has 3 saturated heterocycles. The predicted octanol–water partition coefficient (Wildman–Crippen LogP) is 1.86. The number of urea groups is 1. The van der Waals surface area contributed by atoms with Crippen LogP contribution in [0.2, 0.25) is 0 Å². The first-order chi connectivity index (χ1) is 16.8. The van der Waals surface area contributed by atoms with Crippen molar-refractivity contribution in [1.29, 1.82) is 0 Å². The zero-order valence-electron chi connectivity index (χ0n) is 20.2. The van der Waals surface area contributed by atoms with Crippen LogP contribution in [0.5, 0.6) is 5.75 Å². The molecular formula is C25H34N4O6. The summed E-state index contributed by atoms with van der Waals surface area (Å²) in [6.07, 6.45) is 4.22. The number of hydrogen-bond acceptors (Lipinski definition) is 6. The fourth-order valence-electron chi connectivity index (χ4n) is 5.39. The van der Waals surface area contributed by atoms with Crippen molar-refractivity contribution in [2.45, 2.75) is 39.0 Å².